The van der Waals surface area contributed by atoms with E-state index in [9.17, 15) is 9.18 Å². The zero-order valence-corrected chi connectivity index (χ0v) is 15.9. The van der Waals surface area contributed by atoms with Gasteiger partial charge >= 0.3 is 0 Å². The molecule has 5 nitrogen and oxygen atoms in total. The second-order valence-electron chi connectivity index (χ2n) is 6.32. The van der Waals surface area contributed by atoms with Crippen LogP contribution in [0.1, 0.15) is 16.2 Å². The van der Waals surface area contributed by atoms with Gasteiger partial charge < -0.3 is 10.6 Å². The number of hydrogen-bond acceptors (Lipinski definition) is 4. The average Bonchev–Trinajstić information content (AvgIpc) is 2.74. The van der Waals surface area contributed by atoms with Crippen molar-refractivity contribution in [2.45, 2.75) is 6.54 Å². The highest BCUT2D eigenvalue weighted by Gasteiger charge is 2.14. The molecule has 0 spiro atoms. The summed E-state index contributed by atoms with van der Waals surface area (Å²) >= 11 is 6.14. The summed E-state index contributed by atoms with van der Waals surface area (Å²) in [6, 6.07) is 20.5. The monoisotopic (exact) mass is 406 g/mol. The lowest BCUT2D eigenvalue weighted by Crippen LogP contribution is -2.25. The lowest BCUT2D eigenvalue weighted by molar-refractivity contribution is 0.0941. The van der Waals surface area contributed by atoms with Crippen LogP contribution in [0.4, 0.5) is 15.9 Å². The Kier molecular flexibility index (Phi) is 5.35. The molecule has 1 amide bonds. The van der Waals surface area contributed by atoms with E-state index in [1.165, 1.54) is 12.1 Å². The maximum absolute atomic E-state index is 13.2. The number of para-hydroxylation sites is 1. The van der Waals surface area contributed by atoms with E-state index < -0.39 is 5.91 Å². The van der Waals surface area contributed by atoms with Crippen molar-refractivity contribution in [1.82, 2.24) is 15.3 Å². The number of amides is 1. The minimum atomic E-state index is -0.419. The summed E-state index contributed by atoms with van der Waals surface area (Å²) in [5, 5.41) is 7.25. The van der Waals surface area contributed by atoms with Crippen LogP contribution in [0.25, 0.3) is 10.9 Å². The van der Waals surface area contributed by atoms with Crippen molar-refractivity contribution in [3.05, 3.63) is 95.0 Å². The van der Waals surface area contributed by atoms with E-state index in [1.54, 1.807) is 24.3 Å². The summed E-state index contributed by atoms with van der Waals surface area (Å²) in [6.45, 7) is 0.259. The third-order valence-corrected chi connectivity index (χ3v) is 4.68. The second kappa shape index (κ2) is 8.24. The number of anilines is 2. The Morgan fingerprint density at radius 3 is 2.45 bits per heavy atom. The summed E-state index contributed by atoms with van der Waals surface area (Å²) in [5.74, 6) is -0.258. The largest absolute Gasteiger partial charge is 0.345 e. The summed E-state index contributed by atoms with van der Waals surface area (Å²) in [4.78, 5) is 21.4. The summed E-state index contributed by atoms with van der Waals surface area (Å²) in [7, 11) is 0. The molecule has 1 heterocycles. The van der Waals surface area contributed by atoms with Crippen LogP contribution in [0.5, 0.6) is 0 Å². The topological polar surface area (TPSA) is 66.9 Å². The molecule has 29 heavy (non-hydrogen) atoms. The van der Waals surface area contributed by atoms with Crippen molar-refractivity contribution in [3.63, 3.8) is 0 Å². The van der Waals surface area contributed by atoms with Crippen molar-refractivity contribution >= 4 is 39.9 Å². The molecule has 144 valence electrons. The fourth-order valence-corrected chi connectivity index (χ4v) is 3.04. The van der Waals surface area contributed by atoms with Gasteiger partial charge in [0.05, 0.1) is 5.52 Å². The molecule has 0 aliphatic carbocycles. The van der Waals surface area contributed by atoms with Crippen molar-refractivity contribution in [3.8, 4) is 0 Å². The van der Waals surface area contributed by atoms with E-state index in [0.29, 0.717) is 22.0 Å². The van der Waals surface area contributed by atoms with Gasteiger partial charge in [-0.05, 0) is 48.0 Å². The Balaban J connectivity index is 1.63. The van der Waals surface area contributed by atoms with Crippen molar-refractivity contribution in [2.75, 3.05) is 5.32 Å². The molecule has 0 saturated carbocycles. The molecule has 0 unspecified atom stereocenters. The maximum atomic E-state index is 13.2. The van der Waals surface area contributed by atoms with Crippen LogP contribution < -0.4 is 10.6 Å². The molecule has 0 atom stereocenters. The molecule has 4 rings (SSSR count). The first-order chi connectivity index (χ1) is 14.1. The number of halogens is 2. The normalized spacial score (nSPS) is 10.7. The van der Waals surface area contributed by atoms with Crippen LogP contribution in [0.3, 0.4) is 0 Å². The van der Waals surface area contributed by atoms with Gasteiger partial charge in [0, 0.05) is 22.6 Å². The van der Waals surface area contributed by atoms with Crippen molar-refractivity contribution < 1.29 is 9.18 Å². The molecule has 0 bridgehead atoms. The van der Waals surface area contributed by atoms with E-state index in [0.717, 1.165) is 10.9 Å². The molecule has 3 aromatic carbocycles. The van der Waals surface area contributed by atoms with Gasteiger partial charge in [-0.1, -0.05) is 41.9 Å². The van der Waals surface area contributed by atoms with Crippen LogP contribution in [-0.4, -0.2) is 15.9 Å². The lowest BCUT2D eigenvalue weighted by Gasteiger charge is -2.11. The number of nitrogens with zero attached hydrogens (tertiary/aromatic N) is 2. The lowest BCUT2D eigenvalue weighted by atomic mass is 10.2. The van der Waals surface area contributed by atoms with E-state index >= 15 is 0 Å². The minimum absolute atomic E-state index is 0.0281. The highest BCUT2D eigenvalue weighted by atomic mass is 35.5. The van der Waals surface area contributed by atoms with Gasteiger partial charge in [-0.2, -0.15) is 0 Å². The first kappa shape index (κ1) is 18.8. The number of aromatic nitrogens is 2. The summed E-state index contributed by atoms with van der Waals surface area (Å²) in [5.41, 5.74) is 2.07. The third kappa shape index (κ3) is 4.33. The summed E-state index contributed by atoms with van der Waals surface area (Å²) in [6.07, 6.45) is 0. The number of carbonyl (C=O) groups excluding carboxylic acids is 1. The Hall–Kier alpha value is -3.51. The molecule has 0 fully saturated rings. The minimum Gasteiger partial charge on any atom is -0.345 e. The van der Waals surface area contributed by atoms with Gasteiger partial charge in [-0.15, -0.1) is 0 Å². The Labute approximate surface area is 171 Å². The van der Waals surface area contributed by atoms with Gasteiger partial charge in [0.1, 0.15) is 11.6 Å². The molecule has 4 aromatic rings. The number of nitrogens with one attached hydrogen (secondary N) is 2. The van der Waals surface area contributed by atoms with Crippen molar-refractivity contribution in [2.24, 2.45) is 0 Å². The van der Waals surface area contributed by atoms with Crippen molar-refractivity contribution in [1.29, 1.82) is 0 Å². The smallest absolute Gasteiger partial charge is 0.289 e. The SMILES string of the molecule is O=C(NCc1ccccc1Cl)c1nc(Nc2ccc(F)cc2)c2ccccc2n1. The average molecular weight is 407 g/mol. The van der Waals surface area contributed by atoms with E-state index in [4.69, 9.17) is 11.6 Å². The second-order valence-corrected chi connectivity index (χ2v) is 6.73. The molecule has 0 aliphatic heterocycles. The number of benzene rings is 3. The van der Waals surface area contributed by atoms with Gasteiger partial charge in [0.25, 0.3) is 5.91 Å². The maximum Gasteiger partial charge on any atom is 0.289 e. The molecular formula is C22H16ClFN4O. The van der Waals surface area contributed by atoms with Gasteiger partial charge in [-0.3, -0.25) is 4.79 Å². The standard InChI is InChI=1S/C22H16ClFN4O/c23-18-7-3-1-5-14(18)13-25-22(29)21-27-19-8-4-2-6-17(19)20(28-21)26-16-11-9-15(24)10-12-16/h1-12H,13H2,(H,25,29)(H,26,27,28). The fourth-order valence-electron chi connectivity index (χ4n) is 2.84. The van der Waals surface area contributed by atoms with Crippen LogP contribution >= 0.6 is 11.6 Å². The highest BCUT2D eigenvalue weighted by molar-refractivity contribution is 6.31. The first-order valence-electron chi connectivity index (χ1n) is 8.91. The fraction of sp³-hybridized carbons (Fsp3) is 0.0455. The third-order valence-electron chi connectivity index (χ3n) is 4.31. The Morgan fingerprint density at radius 2 is 1.66 bits per heavy atom. The predicted octanol–water partition coefficient (Wildman–Crippen LogP) is 5.10. The zero-order valence-electron chi connectivity index (χ0n) is 15.2. The number of rotatable bonds is 5. The van der Waals surface area contributed by atoms with E-state index in [-0.39, 0.29) is 18.2 Å². The zero-order chi connectivity index (χ0) is 20.2. The Morgan fingerprint density at radius 1 is 0.931 bits per heavy atom. The van der Waals surface area contributed by atoms with Crippen LogP contribution in [0.15, 0.2) is 72.8 Å². The first-order valence-corrected chi connectivity index (χ1v) is 9.29. The number of fused-ring (bicyclic) bond motifs is 1. The quantitative estimate of drug-likeness (QED) is 0.484. The Bertz CT molecular complexity index is 1180. The van der Waals surface area contributed by atoms with E-state index in [2.05, 4.69) is 20.6 Å². The predicted molar refractivity (Wildman–Crippen MR) is 112 cm³/mol. The van der Waals surface area contributed by atoms with E-state index in [1.807, 2.05) is 36.4 Å². The molecule has 7 heteroatoms. The molecule has 0 radical (unpaired) electrons. The van der Waals surface area contributed by atoms with Crippen LogP contribution in [-0.2, 0) is 6.54 Å². The number of hydrogen-bond donors (Lipinski definition) is 2. The highest BCUT2D eigenvalue weighted by Crippen LogP contribution is 2.24. The number of carbonyl (C=O) groups is 1. The van der Waals surface area contributed by atoms with Gasteiger partial charge in [-0.25, -0.2) is 14.4 Å². The molecule has 0 saturated heterocycles. The molecular weight excluding hydrogens is 391 g/mol. The van der Waals surface area contributed by atoms with Gasteiger partial charge in [0.15, 0.2) is 0 Å². The van der Waals surface area contributed by atoms with Crippen LogP contribution in [0, 0.1) is 5.82 Å². The molecule has 2 N–H and O–H groups in total. The summed E-state index contributed by atoms with van der Waals surface area (Å²) < 4.78 is 13.2. The van der Waals surface area contributed by atoms with Crippen LogP contribution in [0.2, 0.25) is 5.02 Å². The molecule has 0 aliphatic rings. The van der Waals surface area contributed by atoms with Gasteiger partial charge in [0.2, 0.25) is 5.82 Å². The molecule has 1 aromatic heterocycles.